The van der Waals surface area contributed by atoms with Crippen LogP contribution in [0.3, 0.4) is 0 Å². The Hall–Kier alpha value is -3.82. The van der Waals surface area contributed by atoms with E-state index in [1.807, 2.05) is 0 Å². The van der Waals surface area contributed by atoms with E-state index in [9.17, 15) is 18.4 Å². The number of benzene rings is 1. The number of nitrogens with one attached hydrogen (secondary N) is 1. The molecular formula is C20H16F2N4O4. The number of nitrogens with zero attached hydrogens (tertiary/aromatic N) is 3. The molecule has 154 valence electrons. The molecule has 1 amide bonds. The third kappa shape index (κ3) is 3.59. The highest BCUT2D eigenvalue weighted by atomic mass is 19.1. The zero-order chi connectivity index (χ0) is 21.5. The van der Waals surface area contributed by atoms with Gasteiger partial charge in [-0.1, -0.05) is 0 Å². The van der Waals surface area contributed by atoms with Gasteiger partial charge >= 0.3 is 5.97 Å². The molecule has 3 aromatic rings. The molecule has 4 rings (SSSR count). The third-order valence-electron chi connectivity index (χ3n) is 4.82. The summed E-state index contributed by atoms with van der Waals surface area (Å²) in [6.45, 7) is 0. The molecular weight excluding hydrogens is 398 g/mol. The van der Waals surface area contributed by atoms with Gasteiger partial charge in [-0.3, -0.25) is 19.3 Å². The van der Waals surface area contributed by atoms with Gasteiger partial charge in [-0.05, 0) is 18.9 Å². The number of amides is 1. The highest BCUT2D eigenvalue weighted by Gasteiger charge is 2.57. The van der Waals surface area contributed by atoms with Crippen molar-refractivity contribution in [3.63, 3.8) is 0 Å². The summed E-state index contributed by atoms with van der Waals surface area (Å²) in [4.78, 5) is 27.5. The molecule has 0 aliphatic heterocycles. The summed E-state index contributed by atoms with van der Waals surface area (Å²) in [6, 6.07) is 4.57. The van der Waals surface area contributed by atoms with E-state index in [0.717, 1.165) is 17.7 Å². The predicted octanol–water partition coefficient (Wildman–Crippen LogP) is 3.36. The molecule has 0 spiro atoms. The number of anilines is 1. The molecule has 0 saturated heterocycles. The van der Waals surface area contributed by atoms with Crippen molar-refractivity contribution in [3.8, 4) is 22.8 Å². The van der Waals surface area contributed by atoms with Crippen LogP contribution < -0.4 is 10.1 Å². The predicted molar refractivity (Wildman–Crippen MR) is 101 cm³/mol. The Morgan fingerprint density at radius 3 is 2.63 bits per heavy atom. The fraction of sp³-hybridized carbons (Fsp3) is 0.200. The monoisotopic (exact) mass is 414 g/mol. The van der Waals surface area contributed by atoms with Crippen LogP contribution in [-0.4, -0.2) is 31.7 Å². The van der Waals surface area contributed by atoms with Gasteiger partial charge in [-0.25, -0.2) is 8.78 Å². The van der Waals surface area contributed by atoms with Crippen molar-refractivity contribution >= 4 is 17.6 Å². The Labute approximate surface area is 169 Å². The summed E-state index contributed by atoms with van der Waals surface area (Å²) in [5, 5.41) is 15.3. The van der Waals surface area contributed by atoms with E-state index in [1.54, 1.807) is 30.2 Å². The number of aryl methyl sites for hydroxylation is 1. The maximum absolute atomic E-state index is 14.5. The lowest BCUT2D eigenvalue weighted by Gasteiger charge is -2.13. The van der Waals surface area contributed by atoms with Crippen LogP contribution in [0.25, 0.3) is 11.3 Å². The molecule has 2 N–H and O–H groups in total. The van der Waals surface area contributed by atoms with Gasteiger partial charge in [0.2, 0.25) is 5.91 Å². The van der Waals surface area contributed by atoms with Crippen molar-refractivity contribution in [2.24, 2.45) is 12.5 Å². The number of hydrogen-bond donors (Lipinski definition) is 2. The molecule has 1 saturated carbocycles. The minimum absolute atomic E-state index is 0.154. The Morgan fingerprint density at radius 1 is 1.23 bits per heavy atom. The van der Waals surface area contributed by atoms with Gasteiger partial charge in [0.25, 0.3) is 0 Å². The van der Waals surface area contributed by atoms with Crippen molar-refractivity contribution < 1.29 is 28.2 Å². The first kappa shape index (κ1) is 19.5. The number of hydrogen-bond acceptors (Lipinski definition) is 5. The zero-order valence-corrected chi connectivity index (χ0v) is 15.7. The second-order valence-electron chi connectivity index (χ2n) is 6.99. The van der Waals surface area contributed by atoms with Crippen LogP contribution in [0.5, 0.6) is 11.5 Å². The number of aliphatic carboxylic acids is 1. The van der Waals surface area contributed by atoms with Crippen LogP contribution in [0, 0.1) is 17.0 Å². The van der Waals surface area contributed by atoms with E-state index >= 15 is 0 Å². The van der Waals surface area contributed by atoms with E-state index in [0.29, 0.717) is 5.69 Å². The largest absolute Gasteiger partial charge is 0.480 e. The smallest absolute Gasteiger partial charge is 0.319 e. The molecule has 1 aliphatic carbocycles. The van der Waals surface area contributed by atoms with Crippen molar-refractivity contribution in [2.45, 2.75) is 12.8 Å². The average Bonchev–Trinajstić information content (AvgIpc) is 3.42. The fourth-order valence-corrected chi connectivity index (χ4v) is 2.92. The number of ether oxygens (including phenoxy) is 1. The van der Waals surface area contributed by atoms with Crippen molar-refractivity contribution in [2.75, 3.05) is 5.32 Å². The number of aromatic nitrogens is 3. The van der Waals surface area contributed by atoms with Gasteiger partial charge < -0.3 is 15.2 Å². The number of pyridine rings is 1. The Kier molecular flexibility index (Phi) is 4.69. The van der Waals surface area contributed by atoms with Crippen LogP contribution in [-0.2, 0) is 16.6 Å². The lowest BCUT2D eigenvalue weighted by Crippen LogP contribution is -2.31. The highest BCUT2D eigenvalue weighted by molar-refractivity contribution is 6.10. The van der Waals surface area contributed by atoms with Crippen LogP contribution >= 0.6 is 0 Å². The fourth-order valence-electron chi connectivity index (χ4n) is 2.92. The molecule has 0 atom stereocenters. The van der Waals surface area contributed by atoms with Gasteiger partial charge in [-0.2, -0.15) is 5.10 Å². The SMILES string of the molecule is Cn1cc(-c2cc(Oc3cc(F)c(NC(=O)C4(C(=O)O)CC4)cc3F)ccn2)cn1. The standard InChI is InChI=1S/C20H16F2N4O4/c1-26-10-11(9-24-26)15-6-12(2-5-23-15)30-17-8-13(21)16(7-14(17)22)25-18(27)20(3-4-20)19(28)29/h2,5-10H,3-4H2,1H3,(H,25,27)(H,28,29). The average molecular weight is 414 g/mol. The summed E-state index contributed by atoms with van der Waals surface area (Å²) < 4.78 is 35.9. The van der Waals surface area contributed by atoms with Crippen LogP contribution in [0.15, 0.2) is 42.9 Å². The van der Waals surface area contributed by atoms with Crippen molar-refractivity contribution in [3.05, 3.63) is 54.5 Å². The highest BCUT2D eigenvalue weighted by Crippen LogP contribution is 2.47. The Morgan fingerprint density at radius 2 is 2.00 bits per heavy atom. The lowest BCUT2D eigenvalue weighted by atomic mass is 10.1. The quantitative estimate of drug-likeness (QED) is 0.599. The molecule has 2 aromatic heterocycles. The summed E-state index contributed by atoms with van der Waals surface area (Å²) >= 11 is 0. The maximum Gasteiger partial charge on any atom is 0.319 e. The second-order valence-corrected chi connectivity index (χ2v) is 6.99. The summed E-state index contributed by atoms with van der Waals surface area (Å²) in [5.74, 6) is -4.22. The molecule has 30 heavy (non-hydrogen) atoms. The summed E-state index contributed by atoms with van der Waals surface area (Å²) in [5.41, 5.74) is -0.769. The molecule has 1 aliphatic rings. The normalized spacial score (nSPS) is 14.2. The minimum Gasteiger partial charge on any atom is -0.480 e. The number of carbonyl (C=O) groups excluding carboxylic acids is 1. The number of carboxylic acid groups (broad SMARTS) is 1. The van der Waals surface area contributed by atoms with Crippen LogP contribution in [0.2, 0.25) is 0 Å². The minimum atomic E-state index is -1.57. The van der Waals surface area contributed by atoms with E-state index < -0.39 is 40.4 Å². The van der Waals surface area contributed by atoms with Crippen molar-refractivity contribution in [1.82, 2.24) is 14.8 Å². The van der Waals surface area contributed by atoms with Gasteiger partial charge in [0, 0.05) is 43.2 Å². The summed E-state index contributed by atoms with van der Waals surface area (Å²) in [6.07, 6.45) is 5.12. The number of carboxylic acids is 1. The first-order valence-electron chi connectivity index (χ1n) is 8.95. The van der Waals surface area contributed by atoms with Crippen LogP contribution in [0.4, 0.5) is 14.5 Å². The lowest BCUT2D eigenvalue weighted by molar-refractivity contribution is -0.147. The Balaban J connectivity index is 1.54. The van der Waals surface area contributed by atoms with E-state index in [1.165, 1.54) is 12.3 Å². The van der Waals surface area contributed by atoms with Gasteiger partial charge in [0.15, 0.2) is 17.4 Å². The first-order valence-corrected chi connectivity index (χ1v) is 8.95. The van der Waals surface area contributed by atoms with E-state index in [4.69, 9.17) is 9.84 Å². The third-order valence-corrected chi connectivity index (χ3v) is 4.82. The number of carbonyl (C=O) groups is 2. The van der Waals surface area contributed by atoms with E-state index in [-0.39, 0.29) is 18.6 Å². The Bertz CT molecular complexity index is 1160. The maximum atomic E-state index is 14.5. The first-order chi connectivity index (χ1) is 14.3. The van der Waals surface area contributed by atoms with Crippen molar-refractivity contribution in [1.29, 1.82) is 0 Å². The molecule has 0 radical (unpaired) electrons. The molecule has 1 fully saturated rings. The molecule has 2 heterocycles. The second kappa shape index (κ2) is 7.21. The molecule has 8 nitrogen and oxygen atoms in total. The van der Waals surface area contributed by atoms with Crippen LogP contribution in [0.1, 0.15) is 12.8 Å². The van der Waals surface area contributed by atoms with E-state index in [2.05, 4.69) is 15.4 Å². The number of halogens is 2. The summed E-state index contributed by atoms with van der Waals surface area (Å²) in [7, 11) is 1.75. The molecule has 1 aromatic carbocycles. The van der Waals surface area contributed by atoms with Gasteiger partial charge in [-0.15, -0.1) is 0 Å². The molecule has 0 unspecified atom stereocenters. The molecule has 10 heteroatoms. The topological polar surface area (TPSA) is 106 Å². The number of rotatable bonds is 6. The van der Waals surface area contributed by atoms with Gasteiger partial charge in [0.05, 0.1) is 17.6 Å². The van der Waals surface area contributed by atoms with Gasteiger partial charge in [0.1, 0.15) is 11.2 Å². The molecule has 0 bridgehead atoms. The zero-order valence-electron chi connectivity index (χ0n) is 15.7.